The fourth-order valence-corrected chi connectivity index (χ4v) is 3.05. The van der Waals surface area contributed by atoms with Gasteiger partial charge in [-0.25, -0.2) is 9.37 Å². The Morgan fingerprint density at radius 2 is 2.15 bits per heavy atom. The minimum atomic E-state index is -0.189. The number of aromatic amines is 1. The summed E-state index contributed by atoms with van der Waals surface area (Å²) < 4.78 is 13.3. The van der Waals surface area contributed by atoms with Crippen LogP contribution in [0.5, 0.6) is 0 Å². The van der Waals surface area contributed by atoms with Crippen molar-refractivity contribution < 1.29 is 4.39 Å². The predicted molar refractivity (Wildman–Crippen MR) is 76.9 cm³/mol. The molecule has 106 valence electrons. The van der Waals surface area contributed by atoms with Crippen LogP contribution in [-0.4, -0.2) is 15.2 Å². The van der Waals surface area contributed by atoms with Crippen LogP contribution in [0.1, 0.15) is 49.9 Å². The van der Waals surface area contributed by atoms with Crippen molar-refractivity contribution in [3.05, 3.63) is 35.4 Å². The molecule has 1 heterocycles. The molecule has 1 N–H and O–H groups in total. The van der Waals surface area contributed by atoms with E-state index in [1.54, 1.807) is 19.1 Å². The van der Waals surface area contributed by atoms with Crippen LogP contribution in [-0.2, 0) is 0 Å². The summed E-state index contributed by atoms with van der Waals surface area (Å²) >= 11 is 0. The van der Waals surface area contributed by atoms with Gasteiger partial charge in [-0.05, 0) is 49.4 Å². The van der Waals surface area contributed by atoms with E-state index in [0.717, 1.165) is 17.3 Å². The number of nitrogens with zero attached hydrogens (tertiary/aromatic N) is 2. The minimum Gasteiger partial charge on any atom is -0.262 e. The van der Waals surface area contributed by atoms with Gasteiger partial charge < -0.3 is 0 Å². The summed E-state index contributed by atoms with van der Waals surface area (Å²) in [5.41, 5.74) is 1.50. The first-order chi connectivity index (χ1) is 9.63. The zero-order chi connectivity index (χ0) is 14.1. The van der Waals surface area contributed by atoms with Crippen molar-refractivity contribution in [2.45, 2.75) is 45.4 Å². The lowest BCUT2D eigenvalue weighted by atomic mass is 9.82. The van der Waals surface area contributed by atoms with E-state index in [0.29, 0.717) is 17.3 Å². The molecule has 1 aromatic heterocycles. The largest absolute Gasteiger partial charge is 0.262 e. The zero-order valence-electron chi connectivity index (χ0n) is 12.0. The van der Waals surface area contributed by atoms with E-state index in [1.165, 1.54) is 31.7 Å². The average Bonchev–Trinajstić information content (AvgIpc) is 2.92. The highest BCUT2D eigenvalue weighted by atomic mass is 19.1. The maximum atomic E-state index is 13.3. The molecule has 0 unspecified atom stereocenters. The van der Waals surface area contributed by atoms with Gasteiger partial charge in [0.05, 0.1) is 0 Å². The molecule has 2 atom stereocenters. The SMILES string of the molecule is Cc1cc(-c2n[nH]c([C@H]3CCC[C@H](C)C3)n2)ccc1F. The molecule has 3 nitrogen and oxygen atoms in total. The summed E-state index contributed by atoms with van der Waals surface area (Å²) in [6.45, 7) is 4.06. The summed E-state index contributed by atoms with van der Waals surface area (Å²) in [4.78, 5) is 4.62. The standard InChI is InChI=1S/C16H20FN3/c1-10-4-3-5-12(8-10)15-18-16(20-19-15)13-6-7-14(17)11(2)9-13/h6-7,9-10,12H,3-5,8H2,1-2H3,(H,18,19,20)/t10-,12-/m0/s1. The van der Waals surface area contributed by atoms with E-state index >= 15 is 0 Å². The van der Waals surface area contributed by atoms with Gasteiger partial charge in [0.15, 0.2) is 5.82 Å². The van der Waals surface area contributed by atoms with Crippen LogP contribution in [0.2, 0.25) is 0 Å². The van der Waals surface area contributed by atoms with Crippen molar-refractivity contribution in [3.63, 3.8) is 0 Å². The van der Waals surface area contributed by atoms with Gasteiger partial charge >= 0.3 is 0 Å². The smallest absolute Gasteiger partial charge is 0.181 e. The normalized spacial score (nSPS) is 22.9. The first kappa shape index (κ1) is 13.3. The average molecular weight is 273 g/mol. The van der Waals surface area contributed by atoms with Crippen molar-refractivity contribution in [1.29, 1.82) is 0 Å². The Bertz CT molecular complexity index is 606. The van der Waals surface area contributed by atoms with E-state index < -0.39 is 0 Å². The van der Waals surface area contributed by atoms with Gasteiger partial charge in [-0.2, -0.15) is 5.10 Å². The highest BCUT2D eigenvalue weighted by Gasteiger charge is 2.23. The third-order valence-electron chi connectivity index (χ3n) is 4.24. The van der Waals surface area contributed by atoms with E-state index in [2.05, 4.69) is 22.1 Å². The van der Waals surface area contributed by atoms with Crippen molar-refractivity contribution >= 4 is 0 Å². The van der Waals surface area contributed by atoms with Gasteiger partial charge in [-0.1, -0.05) is 19.8 Å². The number of aromatic nitrogens is 3. The molecule has 1 fully saturated rings. The van der Waals surface area contributed by atoms with Crippen LogP contribution in [0.15, 0.2) is 18.2 Å². The Kier molecular flexibility index (Phi) is 3.55. The topological polar surface area (TPSA) is 41.6 Å². The Hall–Kier alpha value is -1.71. The van der Waals surface area contributed by atoms with E-state index in [1.807, 2.05) is 0 Å². The molecule has 0 amide bonds. The van der Waals surface area contributed by atoms with Crippen LogP contribution >= 0.6 is 0 Å². The number of rotatable bonds is 2. The van der Waals surface area contributed by atoms with Crippen LogP contribution in [0, 0.1) is 18.7 Å². The van der Waals surface area contributed by atoms with Gasteiger partial charge in [0.2, 0.25) is 0 Å². The van der Waals surface area contributed by atoms with Crippen LogP contribution in [0.25, 0.3) is 11.4 Å². The van der Waals surface area contributed by atoms with Gasteiger partial charge in [-0.3, -0.25) is 5.10 Å². The number of hydrogen-bond donors (Lipinski definition) is 1. The van der Waals surface area contributed by atoms with Gasteiger partial charge in [0.1, 0.15) is 11.6 Å². The fourth-order valence-electron chi connectivity index (χ4n) is 3.05. The van der Waals surface area contributed by atoms with E-state index in [-0.39, 0.29) is 5.82 Å². The van der Waals surface area contributed by atoms with Crippen LogP contribution in [0.3, 0.4) is 0 Å². The molecule has 0 radical (unpaired) electrons. The van der Waals surface area contributed by atoms with E-state index in [9.17, 15) is 4.39 Å². The third-order valence-corrected chi connectivity index (χ3v) is 4.24. The Morgan fingerprint density at radius 1 is 1.30 bits per heavy atom. The maximum absolute atomic E-state index is 13.3. The molecular formula is C16H20FN3. The Labute approximate surface area is 118 Å². The fraction of sp³-hybridized carbons (Fsp3) is 0.500. The minimum absolute atomic E-state index is 0.189. The molecule has 2 aromatic rings. The predicted octanol–water partition coefficient (Wildman–Crippen LogP) is 4.21. The second-order valence-corrected chi connectivity index (χ2v) is 5.98. The number of benzene rings is 1. The lowest BCUT2D eigenvalue weighted by molar-refractivity contribution is 0.335. The number of hydrogen-bond acceptors (Lipinski definition) is 2. The van der Waals surface area contributed by atoms with Crippen molar-refractivity contribution in [2.75, 3.05) is 0 Å². The number of halogens is 1. The molecule has 1 saturated carbocycles. The highest BCUT2D eigenvalue weighted by Crippen LogP contribution is 2.34. The molecule has 1 aliphatic rings. The zero-order valence-corrected chi connectivity index (χ0v) is 12.0. The van der Waals surface area contributed by atoms with Gasteiger partial charge in [0, 0.05) is 11.5 Å². The molecule has 3 rings (SSSR count). The molecule has 0 spiro atoms. The molecular weight excluding hydrogens is 253 g/mol. The summed E-state index contributed by atoms with van der Waals surface area (Å²) in [5.74, 6) is 2.71. The number of aryl methyl sites for hydroxylation is 1. The van der Waals surface area contributed by atoms with Crippen LogP contribution in [0.4, 0.5) is 4.39 Å². The third kappa shape index (κ3) is 2.60. The summed E-state index contributed by atoms with van der Waals surface area (Å²) in [7, 11) is 0. The summed E-state index contributed by atoms with van der Waals surface area (Å²) in [5, 5.41) is 7.37. The lowest BCUT2D eigenvalue weighted by Gasteiger charge is -2.24. The van der Waals surface area contributed by atoms with Gasteiger partial charge in [0.25, 0.3) is 0 Å². The lowest BCUT2D eigenvalue weighted by Crippen LogP contribution is -2.12. The van der Waals surface area contributed by atoms with Crippen LogP contribution < -0.4 is 0 Å². The maximum Gasteiger partial charge on any atom is 0.181 e. The second kappa shape index (κ2) is 5.35. The Balaban J connectivity index is 1.84. The number of H-pyrrole nitrogens is 1. The number of nitrogens with one attached hydrogen (secondary N) is 1. The van der Waals surface area contributed by atoms with Crippen molar-refractivity contribution in [2.24, 2.45) is 5.92 Å². The molecule has 1 aliphatic carbocycles. The van der Waals surface area contributed by atoms with Gasteiger partial charge in [-0.15, -0.1) is 0 Å². The quantitative estimate of drug-likeness (QED) is 0.890. The first-order valence-electron chi connectivity index (χ1n) is 7.32. The second-order valence-electron chi connectivity index (χ2n) is 5.98. The van der Waals surface area contributed by atoms with E-state index in [4.69, 9.17) is 0 Å². The van der Waals surface area contributed by atoms with Crippen molar-refractivity contribution in [3.8, 4) is 11.4 Å². The highest BCUT2D eigenvalue weighted by molar-refractivity contribution is 5.55. The summed E-state index contributed by atoms with van der Waals surface area (Å²) in [6, 6.07) is 5.01. The molecule has 20 heavy (non-hydrogen) atoms. The summed E-state index contributed by atoms with van der Waals surface area (Å²) in [6.07, 6.45) is 4.94. The Morgan fingerprint density at radius 3 is 2.90 bits per heavy atom. The molecule has 4 heteroatoms. The molecule has 1 aromatic carbocycles. The van der Waals surface area contributed by atoms with Crippen molar-refractivity contribution in [1.82, 2.24) is 15.2 Å². The molecule has 0 aliphatic heterocycles. The first-order valence-corrected chi connectivity index (χ1v) is 7.32. The monoisotopic (exact) mass is 273 g/mol. The molecule has 0 bridgehead atoms. The molecule has 0 saturated heterocycles.